The summed E-state index contributed by atoms with van der Waals surface area (Å²) < 4.78 is 2.40. The van der Waals surface area contributed by atoms with Gasteiger partial charge in [-0.05, 0) is 50.4 Å². The summed E-state index contributed by atoms with van der Waals surface area (Å²) in [6.07, 6.45) is 12.7. The number of anilines is 1. The van der Waals surface area contributed by atoms with Crippen molar-refractivity contribution in [2.45, 2.75) is 63.5 Å². The van der Waals surface area contributed by atoms with E-state index >= 15 is 0 Å². The lowest BCUT2D eigenvalue weighted by Gasteiger charge is -2.24. The van der Waals surface area contributed by atoms with Crippen LogP contribution in [0.3, 0.4) is 0 Å². The van der Waals surface area contributed by atoms with E-state index in [-0.39, 0.29) is 0 Å². The van der Waals surface area contributed by atoms with Crippen LogP contribution >= 0.6 is 0 Å². The molecule has 0 spiro atoms. The highest BCUT2D eigenvalue weighted by atomic mass is 15.1. The molecule has 0 bridgehead atoms. The Morgan fingerprint density at radius 2 is 1.96 bits per heavy atom. The van der Waals surface area contributed by atoms with Gasteiger partial charge < -0.3 is 15.2 Å². The first kappa shape index (κ1) is 15.0. The first-order chi connectivity index (χ1) is 11.4. The van der Waals surface area contributed by atoms with Gasteiger partial charge in [0, 0.05) is 24.3 Å². The highest BCUT2D eigenvalue weighted by molar-refractivity contribution is 5.79. The van der Waals surface area contributed by atoms with Gasteiger partial charge in [-0.2, -0.15) is 0 Å². The quantitative estimate of drug-likeness (QED) is 0.893. The summed E-state index contributed by atoms with van der Waals surface area (Å²) in [7, 11) is 0. The molecule has 1 aliphatic heterocycles. The molecule has 2 fully saturated rings. The van der Waals surface area contributed by atoms with Gasteiger partial charge in [0.05, 0.1) is 17.4 Å². The molecular weight excluding hydrogens is 284 g/mol. The van der Waals surface area contributed by atoms with E-state index in [4.69, 9.17) is 0 Å². The fourth-order valence-electron chi connectivity index (χ4n) is 4.13. The molecule has 1 aliphatic carbocycles. The first-order valence-electron chi connectivity index (χ1n) is 9.34. The Hall–Kier alpha value is -1.55. The van der Waals surface area contributed by atoms with Crippen molar-refractivity contribution in [2.75, 3.05) is 18.4 Å². The van der Waals surface area contributed by atoms with Gasteiger partial charge in [-0.1, -0.05) is 25.7 Å². The standard InChI is InChI=1S/C19H28N4/c1-2-7-17(8-3-1)23-14-22-18-12-15(9-10-19(18)23)21-13-16-6-4-5-11-20-16/h9-10,12,14,16-17,20-21H,1-8,11,13H2. The van der Waals surface area contributed by atoms with Crippen molar-refractivity contribution in [3.63, 3.8) is 0 Å². The minimum atomic E-state index is 0.610. The molecule has 2 heterocycles. The third kappa shape index (κ3) is 3.37. The molecule has 4 heteroatoms. The smallest absolute Gasteiger partial charge is 0.0960 e. The van der Waals surface area contributed by atoms with Crippen LogP contribution in [0.25, 0.3) is 11.0 Å². The van der Waals surface area contributed by atoms with Gasteiger partial charge in [0.2, 0.25) is 0 Å². The summed E-state index contributed by atoms with van der Waals surface area (Å²) in [6.45, 7) is 2.17. The lowest BCUT2D eigenvalue weighted by atomic mass is 9.95. The summed E-state index contributed by atoms with van der Waals surface area (Å²) in [5.74, 6) is 0. The number of nitrogens with one attached hydrogen (secondary N) is 2. The van der Waals surface area contributed by atoms with E-state index in [0.29, 0.717) is 12.1 Å². The summed E-state index contributed by atoms with van der Waals surface area (Å²) >= 11 is 0. The van der Waals surface area contributed by atoms with Gasteiger partial charge in [-0.25, -0.2) is 4.98 Å². The zero-order chi connectivity index (χ0) is 15.5. The number of imidazole rings is 1. The molecule has 1 atom stereocenters. The molecule has 1 saturated heterocycles. The Labute approximate surface area is 138 Å². The highest BCUT2D eigenvalue weighted by Gasteiger charge is 2.17. The maximum absolute atomic E-state index is 4.66. The fourth-order valence-corrected chi connectivity index (χ4v) is 4.13. The third-order valence-corrected chi connectivity index (χ3v) is 5.51. The van der Waals surface area contributed by atoms with E-state index in [0.717, 1.165) is 18.6 Å². The molecule has 4 nitrogen and oxygen atoms in total. The number of hydrogen-bond donors (Lipinski definition) is 2. The third-order valence-electron chi connectivity index (χ3n) is 5.51. The van der Waals surface area contributed by atoms with Crippen molar-refractivity contribution in [3.05, 3.63) is 24.5 Å². The fraction of sp³-hybridized carbons (Fsp3) is 0.632. The van der Waals surface area contributed by atoms with E-state index in [2.05, 4.69) is 38.4 Å². The van der Waals surface area contributed by atoms with Crippen LogP contribution in [0.15, 0.2) is 24.5 Å². The molecule has 2 aromatic rings. The van der Waals surface area contributed by atoms with E-state index in [9.17, 15) is 0 Å². The van der Waals surface area contributed by atoms with Crippen LogP contribution in [0.1, 0.15) is 57.4 Å². The van der Waals surface area contributed by atoms with E-state index in [1.807, 2.05) is 6.33 Å². The maximum Gasteiger partial charge on any atom is 0.0960 e. The van der Waals surface area contributed by atoms with Crippen LogP contribution in [0.2, 0.25) is 0 Å². The first-order valence-corrected chi connectivity index (χ1v) is 9.34. The molecule has 23 heavy (non-hydrogen) atoms. The summed E-state index contributed by atoms with van der Waals surface area (Å²) in [6, 6.07) is 7.93. The second-order valence-electron chi connectivity index (χ2n) is 7.17. The minimum absolute atomic E-state index is 0.610. The molecular formula is C19H28N4. The number of fused-ring (bicyclic) bond motifs is 1. The lowest BCUT2D eigenvalue weighted by Crippen LogP contribution is -2.39. The number of aromatic nitrogens is 2. The van der Waals surface area contributed by atoms with E-state index in [1.54, 1.807) is 0 Å². The van der Waals surface area contributed by atoms with Gasteiger partial charge in [-0.3, -0.25) is 0 Å². The Kier molecular flexibility index (Phi) is 4.51. The van der Waals surface area contributed by atoms with Crippen molar-refractivity contribution in [3.8, 4) is 0 Å². The van der Waals surface area contributed by atoms with E-state index in [1.165, 1.54) is 62.6 Å². The second-order valence-corrected chi connectivity index (χ2v) is 7.17. The Bertz CT molecular complexity index is 636. The van der Waals surface area contributed by atoms with Crippen molar-refractivity contribution in [1.29, 1.82) is 0 Å². The number of nitrogens with zero attached hydrogens (tertiary/aromatic N) is 2. The summed E-state index contributed by atoms with van der Waals surface area (Å²) in [4.78, 5) is 4.66. The topological polar surface area (TPSA) is 41.9 Å². The Morgan fingerprint density at radius 3 is 2.78 bits per heavy atom. The van der Waals surface area contributed by atoms with Gasteiger partial charge >= 0.3 is 0 Å². The monoisotopic (exact) mass is 312 g/mol. The summed E-state index contributed by atoms with van der Waals surface area (Å²) in [5.41, 5.74) is 3.61. The van der Waals surface area contributed by atoms with Gasteiger partial charge in [0.1, 0.15) is 0 Å². The van der Waals surface area contributed by atoms with Crippen LogP contribution < -0.4 is 10.6 Å². The molecule has 1 aromatic heterocycles. The predicted octanol–water partition coefficient (Wildman–Crippen LogP) is 4.10. The molecule has 0 amide bonds. The Balaban J connectivity index is 1.45. The summed E-state index contributed by atoms with van der Waals surface area (Å²) in [5, 5.41) is 7.17. The van der Waals surface area contributed by atoms with Crippen molar-refractivity contribution in [1.82, 2.24) is 14.9 Å². The van der Waals surface area contributed by atoms with Crippen molar-refractivity contribution < 1.29 is 0 Å². The predicted molar refractivity (Wildman–Crippen MR) is 96.0 cm³/mol. The van der Waals surface area contributed by atoms with Crippen LogP contribution in [0, 0.1) is 0 Å². The van der Waals surface area contributed by atoms with Crippen molar-refractivity contribution >= 4 is 16.7 Å². The normalized spacial score (nSPS) is 23.2. The molecule has 2 aliphatic rings. The SMILES string of the molecule is c1cc2c(cc1NCC1CCCCN1)ncn2C1CCCCC1. The Morgan fingerprint density at radius 1 is 1.09 bits per heavy atom. The molecule has 1 aromatic carbocycles. The average molecular weight is 312 g/mol. The molecule has 1 saturated carbocycles. The van der Waals surface area contributed by atoms with Crippen LogP contribution in [-0.4, -0.2) is 28.7 Å². The molecule has 1 unspecified atom stereocenters. The number of hydrogen-bond acceptors (Lipinski definition) is 3. The largest absolute Gasteiger partial charge is 0.383 e. The number of rotatable bonds is 4. The number of piperidine rings is 1. The second kappa shape index (κ2) is 6.91. The van der Waals surface area contributed by atoms with Gasteiger partial charge in [0.25, 0.3) is 0 Å². The zero-order valence-electron chi connectivity index (χ0n) is 13.9. The highest BCUT2D eigenvalue weighted by Crippen LogP contribution is 2.31. The van der Waals surface area contributed by atoms with Crippen LogP contribution in [0.4, 0.5) is 5.69 Å². The molecule has 0 radical (unpaired) electrons. The maximum atomic E-state index is 4.66. The van der Waals surface area contributed by atoms with Gasteiger partial charge in [-0.15, -0.1) is 0 Å². The van der Waals surface area contributed by atoms with Crippen molar-refractivity contribution in [2.24, 2.45) is 0 Å². The average Bonchev–Trinajstić information content (AvgIpc) is 3.05. The number of benzene rings is 1. The molecule has 4 rings (SSSR count). The van der Waals surface area contributed by atoms with Gasteiger partial charge in [0.15, 0.2) is 0 Å². The van der Waals surface area contributed by atoms with Crippen LogP contribution in [-0.2, 0) is 0 Å². The molecule has 2 N–H and O–H groups in total. The van der Waals surface area contributed by atoms with E-state index < -0.39 is 0 Å². The molecule has 124 valence electrons. The lowest BCUT2D eigenvalue weighted by molar-refractivity contribution is 0.359. The minimum Gasteiger partial charge on any atom is -0.383 e. The zero-order valence-corrected chi connectivity index (χ0v) is 13.9. The van der Waals surface area contributed by atoms with Crippen LogP contribution in [0.5, 0.6) is 0 Å².